The lowest BCUT2D eigenvalue weighted by atomic mass is 10.0. The van der Waals surface area contributed by atoms with Crippen LogP contribution in [0.5, 0.6) is 17.2 Å². The number of carbonyl (C=O) groups excluding carboxylic acids is 3. The van der Waals surface area contributed by atoms with Gasteiger partial charge in [-0.2, -0.15) is 0 Å². The Morgan fingerprint density at radius 2 is 0.619 bits per heavy atom. The highest BCUT2D eigenvalue weighted by molar-refractivity contribution is 6.06. The highest BCUT2D eigenvalue weighted by Crippen LogP contribution is 2.36. The van der Waals surface area contributed by atoms with Crippen molar-refractivity contribution >= 4 is 50.6 Å². The van der Waals surface area contributed by atoms with Crippen LogP contribution in [0.25, 0.3) is 66.5 Å². The van der Waals surface area contributed by atoms with Crippen LogP contribution < -0.4 is 14.2 Å². The molecule has 10 rings (SSSR count). The number of benzene rings is 4. The van der Waals surface area contributed by atoms with Crippen molar-refractivity contribution in [1.82, 2.24) is 29.9 Å². The van der Waals surface area contributed by atoms with Gasteiger partial charge in [-0.25, -0.2) is 14.4 Å². The van der Waals surface area contributed by atoms with Crippen LogP contribution in [-0.2, 0) is 0 Å². The van der Waals surface area contributed by atoms with Crippen LogP contribution in [0, 0.1) is 0 Å². The summed E-state index contributed by atoms with van der Waals surface area (Å²) in [5.74, 6) is -2.13. The van der Waals surface area contributed by atoms with Crippen LogP contribution in [0.1, 0.15) is 31.1 Å². The Balaban J connectivity index is 1.02. The van der Waals surface area contributed by atoms with Crippen molar-refractivity contribution in [1.29, 1.82) is 0 Å². The van der Waals surface area contributed by atoms with Crippen molar-refractivity contribution < 1.29 is 28.6 Å². The van der Waals surface area contributed by atoms with Gasteiger partial charge in [0.15, 0.2) is 17.2 Å². The summed E-state index contributed by atoms with van der Waals surface area (Å²) < 4.78 is 17.9. The third kappa shape index (κ3) is 7.55. The molecule has 4 aromatic carbocycles. The summed E-state index contributed by atoms with van der Waals surface area (Å²) in [5, 5.41) is 2.11. The molecule has 0 saturated carbocycles. The van der Waals surface area contributed by atoms with E-state index in [9.17, 15) is 14.4 Å². The SMILES string of the molecule is O=C(Oc1ccc(-c2ccccn2)c2cccnc12)c1cc(C(=O)Oc2ccc(-c3ccccn3)c3cccnc23)cc(C(=O)Oc2ccc(-c3ccccn3)c3cccnc23)c1. The van der Waals surface area contributed by atoms with Crippen molar-refractivity contribution in [2.75, 3.05) is 0 Å². The number of esters is 3. The molecule has 0 aliphatic heterocycles. The lowest BCUT2D eigenvalue weighted by molar-refractivity contribution is 0.0736. The van der Waals surface area contributed by atoms with Gasteiger partial charge in [-0.3, -0.25) is 29.9 Å². The predicted octanol–water partition coefficient (Wildman–Crippen LogP) is 10.2. The minimum absolute atomic E-state index is 0.128. The number of ether oxygens (including phenoxy) is 3. The summed E-state index contributed by atoms with van der Waals surface area (Å²) in [4.78, 5) is 69.6. The van der Waals surface area contributed by atoms with E-state index in [2.05, 4.69) is 29.9 Å². The van der Waals surface area contributed by atoms with Crippen LogP contribution in [-0.4, -0.2) is 47.8 Å². The van der Waals surface area contributed by atoms with Gasteiger partial charge in [0.05, 0.1) is 33.8 Å². The molecule has 6 aromatic heterocycles. The van der Waals surface area contributed by atoms with E-state index in [1.165, 1.54) is 18.2 Å². The van der Waals surface area contributed by atoms with Crippen molar-refractivity contribution in [2.24, 2.45) is 0 Å². The molecule has 0 unspecified atom stereocenters. The minimum Gasteiger partial charge on any atom is -0.421 e. The normalized spacial score (nSPS) is 11.0. The quantitative estimate of drug-likeness (QED) is 0.100. The molecule has 0 N–H and O–H groups in total. The Hall–Kier alpha value is -9.03. The topological polar surface area (TPSA) is 156 Å². The number of pyridine rings is 6. The summed E-state index contributed by atoms with van der Waals surface area (Å²) in [5.41, 5.74) is 5.35. The molecule has 0 fully saturated rings. The molecule has 0 amide bonds. The van der Waals surface area contributed by atoms with Gasteiger partial charge in [0, 0.05) is 70.0 Å². The molecule has 0 atom stereocenters. The average Bonchev–Trinajstić information content (AvgIpc) is 3.35. The summed E-state index contributed by atoms with van der Waals surface area (Å²) in [6.07, 6.45) is 9.86. The van der Waals surface area contributed by atoms with Crippen LogP contribution >= 0.6 is 0 Å². The molecule has 10 aromatic rings. The number of rotatable bonds is 9. The lowest BCUT2D eigenvalue weighted by Crippen LogP contribution is -2.17. The highest BCUT2D eigenvalue weighted by Gasteiger charge is 2.24. The van der Waals surface area contributed by atoms with Gasteiger partial charge < -0.3 is 14.2 Å². The molecular formula is C51H30N6O6. The van der Waals surface area contributed by atoms with E-state index in [0.29, 0.717) is 49.8 Å². The Morgan fingerprint density at radius 1 is 0.317 bits per heavy atom. The molecule has 0 aliphatic carbocycles. The van der Waals surface area contributed by atoms with Crippen LogP contribution in [0.15, 0.2) is 183 Å². The average molecular weight is 823 g/mol. The largest absolute Gasteiger partial charge is 0.421 e. The molecule has 0 spiro atoms. The maximum atomic E-state index is 14.2. The molecule has 0 bridgehead atoms. The van der Waals surface area contributed by atoms with Crippen molar-refractivity contribution in [3.05, 3.63) is 199 Å². The van der Waals surface area contributed by atoms with E-state index < -0.39 is 17.9 Å². The van der Waals surface area contributed by atoms with Crippen molar-refractivity contribution in [3.63, 3.8) is 0 Å². The monoisotopic (exact) mass is 822 g/mol. The van der Waals surface area contributed by atoms with Gasteiger partial charge in [-0.05, 0) is 109 Å². The van der Waals surface area contributed by atoms with Gasteiger partial charge in [-0.15, -0.1) is 0 Å². The van der Waals surface area contributed by atoms with E-state index in [1.807, 2.05) is 72.8 Å². The Kier molecular flexibility index (Phi) is 10.0. The molecule has 12 heteroatoms. The fraction of sp³-hybridized carbons (Fsp3) is 0. The Bertz CT molecular complexity index is 3020. The van der Waals surface area contributed by atoms with E-state index in [1.54, 1.807) is 91.8 Å². The zero-order valence-corrected chi connectivity index (χ0v) is 33.0. The zero-order valence-electron chi connectivity index (χ0n) is 33.0. The second kappa shape index (κ2) is 16.6. The van der Waals surface area contributed by atoms with Gasteiger partial charge in [0.2, 0.25) is 0 Å². The summed E-state index contributed by atoms with van der Waals surface area (Å²) in [6, 6.07) is 41.8. The van der Waals surface area contributed by atoms with Crippen LogP contribution in [0.3, 0.4) is 0 Å². The first-order valence-corrected chi connectivity index (χ1v) is 19.7. The molecular weight excluding hydrogens is 793 g/mol. The third-order valence-electron chi connectivity index (χ3n) is 10.3. The smallest absolute Gasteiger partial charge is 0.343 e. The lowest BCUT2D eigenvalue weighted by Gasteiger charge is -2.14. The zero-order chi connectivity index (χ0) is 42.7. The maximum absolute atomic E-state index is 14.2. The Labute approximate surface area is 358 Å². The molecule has 0 radical (unpaired) electrons. The number of fused-ring (bicyclic) bond motifs is 3. The summed E-state index contributed by atoms with van der Waals surface area (Å²) >= 11 is 0. The predicted molar refractivity (Wildman–Crippen MR) is 236 cm³/mol. The van der Waals surface area contributed by atoms with E-state index in [0.717, 1.165) is 16.7 Å². The number of hydrogen-bond acceptors (Lipinski definition) is 12. The van der Waals surface area contributed by atoms with Crippen LogP contribution in [0.4, 0.5) is 0 Å². The highest BCUT2D eigenvalue weighted by atomic mass is 16.5. The number of aromatic nitrogens is 6. The number of nitrogens with zero attached hydrogens (tertiary/aromatic N) is 6. The first-order chi connectivity index (χ1) is 31.0. The van der Waals surface area contributed by atoms with E-state index in [4.69, 9.17) is 14.2 Å². The number of hydrogen-bond donors (Lipinski definition) is 0. The standard InChI is InChI=1S/C51H30N6O6/c58-49(61-43-19-16-34(40-13-1-4-22-52-40)37-10-7-25-55-46(37)43)31-28-32(50(59)62-44-20-17-35(41-14-2-5-23-53-41)38-11-8-26-56-47(38)44)30-33(29-31)51(60)63-45-21-18-36(42-15-3-6-24-54-42)39-12-9-27-57-48(39)45/h1-30H. The molecule has 300 valence electrons. The Morgan fingerprint density at radius 3 is 0.905 bits per heavy atom. The van der Waals surface area contributed by atoms with Gasteiger partial charge in [0.1, 0.15) is 16.6 Å². The second-order valence-electron chi connectivity index (χ2n) is 14.1. The molecule has 63 heavy (non-hydrogen) atoms. The van der Waals surface area contributed by atoms with Gasteiger partial charge in [0.25, 0.3) is 0 Å². The summed E-state index contributed by atoms with van der Waals surface area (Å²) in [7, 11) is 0. The first-order valence-electron chi connectivity index (χ1n) is 19.7. The molecule has 0 aliphatic rings. The first kappa shape index (κ1) is 38.2. The van der Waals surface area contributed by atoms with E-state index >= 15 is 0 Å². The molecule has 6 heterocycles. The fourth-order valence-corrected chi connectivity index (χ4v) is 7.38. The van der Waals surface area contributed by atoms with Crippen molar-refractivity contribution in [2.45, 2.75) is 0 Å². The van der Waals surface area contributed by atoms with Crippen molar-refractivity contribution in [3.8, 4) is 51.0 Å². The second-order valence-corrected chi connectivity index (χ2v) is 14.1. The third-order valence-corrected chi connectivity index (χ3v) is 10.3. The fourth-order valence-electron chi connectivity index (χ4n) is 7.38. The van der Waals surface area contributed by atoms with E-state index in [-0.39, 0.29) is 33.9 Å². The molecule has 0 saturated heterocycles. The minimum atomic E-state index is -0.866. The van der Waals surface area contributed by atoms with Crippen LogP contribution in [0.2, 0.25) is 0 Å². The molecule has 12 nitrogen and oxygen atoms in total. The van der Waals surface area contributed by atoms with Gasteiger partial charge >= 0.3 is 17.9 Å². The number of carbonyl (C=O) groups is 3. The van der Waals surface area contributed by atoms with Gasteiger partial charge in [-0.1, -0.05) is 36.4 Å². The maximum Gasteiger partial charge on any atom is 0.343 e. The summed E-state index contributed by atoms with van der Waals surface area (Å²) in [6.45, 7) is 0.